The summed E-state index contributed by atoms with van der Waals surface area (Å²) in [6.07, 6.45) is 4.41. The van der Waals surface area contributed by atoms with E-state index >= 15 is 0 Å². The second kappa shape index (κ2) is 4.63. The Morgan fingerprint density at radius 3 is 2.65 bits per heavy atom. The summed E-state index contributed by atoms with van der Waals surface area (Å²) in [5.74, 6) is 2.36. The molecule has 23 heavy (non-hydrogen) atoms. The van der Waals surface area contributed by atoms with E-state index in [-0.39, 0.29) is 6.85 Å². The molecule has 3 aromatic carbocycles. The minimum atomic E-state index is 0.287. The van der Waals surface area contributed by atoms with Gasteiger partial charge in [0.25, 0.3) is 0 Å². The first-order valence-corrected chi connectivity index (χ1v) is 8.09. The lowest BCUT2D eigenvalue weighted by Gasteiger charge is -2.37. The number of hydrogen-bond acceptors (Lipinski definition) is 1. The summed E-state index contributed by atoms with van der Waals surface area (Å²) in [4.78, 5) is 2.39. The third-order valence-electron chi connectivity index (χ3n) is 4.95. The van der Waals surface area contributed by atoms with Gasteiger partial charge in [0.15, 0.2) is 0 Å². The Kier molecular flexibility index (Phi) is 2.57. The second-order valence-corrected chi connectivity index (χ2v) is 6.35. The van der Waals surface area contributed by atoms with Crippen molar-refractivity contribution in [2.75, 3.05) is 4.81 Å². The van der Waals surface area contributed by atoms with Crippen molar-refractivity contribution >= 4 is 28.8 Å². The summed E-state index contributed by atoms with van der Waals surface area (Å²) in [6, 6.07) is 22.0. The number of hydrogen-bond donors (Lipinski definition) is 0. The number of anilines is 1. The van der Waals surface area contributed by atoms with Crippen LogP contribution in [0.25, 0.3) is 21.9 Å². The van der Waals surface area contributed by atoms with E-state index in [1.54, 1.807) is 0 Å². The van der Waals surface area contributed by atoms with Crippen molar-refractivity contribution in [3.05, 3.63) is 84.5 Å². The summed E-state index contributed by atoms with van der Waals surface area (Å²) in [6.45, 7) is 2.46. The van der Waals surface area contributed by atoms with Gasteiger partial charge in [-0.3, -0.25) is 0 Å². The van der Waals surface area contributed by atoms with Gasteiger partial charge in [0.1, 0.15) is 0 Å². The van der Waals surface area contributed by atoms with Crippen molar-refractivity contribution in [3.63, 3.8) is 0 Å². The van der Waals surface area contributed by atoms with Crippen LogP contribution in [0.1, 0.15) is 6.92 Å². The quantitative estimate of drug-likeness (QED) is 0.550. The molecule has 0 fully saturated rings. The van der Waals surface area contributed by atoms with E-state index in [0.717, 1.165) is 0 Å². The van der Waals surface area contributed by atoms with Gasteiger partial charge in [0.05, 0.1) is 0 Å². The van der Waals surface area contributed by atoms with E-state index in [0.29, 0.717) is 0 Å². The van der Waals surface area contributed by atoms with Gasteiger partial charge in [0, 0.05) is 11.3 Å². The zero-order valence-electron chi connectivity index (χ0n) is 13.0. The fourth-order valence-electron chi connectivity index (χ4n) is 3.89. The monoisotopic (exact) mass is 293 g/mol. The molecular formula is C21H16BN. The molecule has 0 spiro atoms. The summed E-state index contributed by atoms with van der Waals surface area (Å²) < 4.78 is 0. The molecule has 0 atom stereocenters. The molecule has 0 saturated carbocycles. The smallest absolute Gasteiger partial charge is 0.321 e. The number of para-hydroxylation sites is 1. The van der Waals surface area contributed by atoms with Gasteiger partial charge in [0.2, 0.25) is 0 Å². The molecule has 2 heterocycles. The van der Waals surface area contributed by atoms with Crippen LogP contribution in [0, 0.1) is 0 Å². The van der Waals surface area contributed by atoms with Crippen molar-refractivity contribution in [3.8, 4) is 11.1 Å². The Morgan fingerprint density at radius 2 is 1.70 bits per heavy atom. The standard InChI is InChI=1S/C21H16BN/c1-15-12-13-23-20-9-5-4-8-18(20)21-17-7-3-2-6-16(17)10-11-19(21)22(23)14-15/h2-14H,1H3. The van der Waals surface area contributed by atoms with Crippen LogP contribution in [0.3, 0.4) is 0 Å². The highest BCUT2D eigenvalue weighted by Crippen LogP contribution is 2.40. The maximum Gasteiger partial charge on any atom is 0.321 e. The predicted octanol–water partition coefficient (Wildman–Crippen LogP) is 4.54. The molecule has 1 nitrogen and oxygen atoms in total. The molecule has 2 heteroatoms. The molecule has 0 aromatic heterocycles. The van der Waals surface area contributed by atoms with E-state index in [1.165, 1.54) is 38.6 Å². The van der Waals surface area contributed by atoms with Crippen molar-refractivity contribution in [1.82, 2.24) is 0 Å². The highest BCUT2D eigenvalue weighted by molar-refractivity contribution is 6.84. The highest BCUT2D eigenvalue weighted by Gasteiger charge is 2.34. The number of allylic oxidation sites excluding steroid dienone is 2. The van der Waals surface area contributed by atoms with Crippen LogP contribution in [-0.2, 0) is 0 Å². The molecule has 2 aliphatic heterocycles. The Balaban J connectivity index is 1.92. The Labute approximate surface area is 136 Å². The third-order valence-corrected chi connectivity index (χ3v) is 4.95. The van der Waals surface area contributed by atoms with Crippen LogP contribution in [0.4, 0.5) is 5.69 Å². The molecule has 2 aliphatic rings. The minimum Gasteiger partial charge on any atom is -0.383 e. The zero-order chi connectivity index (χ0) is 15.4. The van der Waals surface area contributed by atoms with Crippen LogP contribution < -0.4 is 10.3 Å². The average Bonchev–Trinajstić information content (AvgIpc) is 2.61. The number of benzene rings is 3. The summed E-state index contributed by atoms with van der Waals surface area (Å²) in [5, 5.41) is 2.65. The first kappa shape index (κ1) is 12.8. The van der Waals surface area contributed by atoms with Crippen LogP contribution in [0.2, 0.25) is 0 Å². The molecule has 0 amide bonds. The average molecular weight is 293 g/mol. The lowest BCUT2D eigenvalue weighted by atomic mass is 9.48. The van der Waals surface area contributed by atoms with E-state index in [9.17, 15) is 0 Å². The van der Waals surface area contributed by atoms with Crippen molar-refractivity contribution < 1.29 is 0 Å². The topological polar surface area (TPSA) is 3.24 Å². The molecule has 0 radical (unpaired) electrons. The molecule has 0 unspecified atom stereocenters. The van der Waals surface area contributed by atoms with Gasteiger partial charge < -0.3 is 4.81 Å². The number of fused-ring (bicyclic) bond motifs is 8. The van der Waals surface area contributed by atoms with Gasteiger partial charge in [-0.1, -0.05) is 66.1 Å². The lowest BCUT2D eigenvalue weighted by molar-refractivity contribution is 1.33. The maximum atomic E-state index is 2.39. The Hall–Kier alpha value is -2.74. The van der Waals surface area contributed by atoms with Crippen molar-refractivity contribution in [2.24, 2.45) is 0 Å². The van der Waals surface area contributed by atoms with Crippen LogP contribution in [0.15, 0.2) is 84.5 Å². The van der Waals surface area contributed by atoms with Gasteiger partial charge in [-0.15, -0.1) is 0 Å². The molecule has 0 aliphatic carbocycles. The summed E-state index contributed by atoms with van der Waals surface area (Å²) in [5.41, 5.74) is 6.73. The first-order valence-electron chi connectivity index (χ1n) is 8.09. The third kappa shape index (κ3) is 1.75. The fourth-order valence-corrected chi connectivity index (χ4v) is 3.89. The Bertz CT molecular complexity index is 1000. The van der Waals surface area contributed by atoms with Gasteiger partial charge >= 0.3 is 6.85 Å². The molecule has 0 N–H and O–H groups in total. The van der Waals surface area contributed by atoms with Gasteiger partial charge in [-0.25, -0.2) is 0 Å². The van der Waals surface area contributed by atoms with Crippen LogP contribution in [0.5, 0.6) is 0 Å². The normalized spacial score (nSPS) is 15.1. The van der Waals surface area contributed by atoms with Crippen molar-refractivity contribution in [1.29, 1.82) is 0 Å². The zero-order valence-corrected chi connectivity index (χ0v) is 13.0. The first-order chi connectivity index (χ1) is 11.3. The van der Waals surface area contributed by atoms with Crippen LogP contribution >= 0.6 is 0 Å². The van der Waals surface area contributed by atoms with Gasteiger partial charge in [-0.05, 0) is 47.1 Å². The number of nitrogens with zero attached hydrogens (tertiary/aromatic N) is 1. The maximum absolute atomic E-state index is 2.39. The molecule has 5 rings (SSSR count). The van der Waals surface area contributed by atoms with E-state index in [1.807, 2.05) is 0 Å². The molecular weight excluding hydrogens is 277 g/mol. The SMILES string of the molecule is CC1=CB2c3ccc4ccccc4c3-c3ccccc3N2C=C1. The highest BCUT2D eigenvalue weighted by atomic mass is 15.1. The molecule has 108 valence electrons. The lowest BCUT2D eigenvalue weighted by Crippen LogP contribution is -2.49. The molecule has 0 bridgehead atoms. The van der Waals surface area contributed by atoms with E-state index < -0.39 is 0 Å². The van der Waals surface area contributed by atoms with E-state index in [2.05, 4.69) is 90.6 Å². The van der Waals surface area contributed by atoms with E-state index in [4.69, 9.17) is 0 Å². The summed E-state index contributed by atoms with van der Waals surface area (Å²) >= 11 is 0. The molecule has 3 aromatic rings. The van der Waals surface area contributed by atoms with Crippen molar-refractivity contribution in [2.45, 2.75) is 6.92 Å². The summed E-state index contributed by atoms with van der Waals surface area (Å²) in [7, 11) is 0. The predicted molar refractivity (Wildman–Crippen MR) is 100 cm³/mol. The Morgan fingerprint density at radius 1 is 0.870 bits per heavy atom. The largest absolute Gasteiger partial charge is 0.383 e. The molecule has 0 saturated heterocycles. The number of rotatable bonds is 0. The minimum absolute atomic E-state index is 0.287. The fraction of sp³-hybridized carbons (Fsp3) is 0.0476. The second-order valence-electron chi connectivity index (χ2n) is 6.35. The van der Waals surface area contributed by atoms with Gasteiger partial charge in [-0.2, -0.15) is 0 Å². The van der Waals surface area contributed by atoms with Crippen LogP contribution in [-0.4, -0.2) is 6.85 Å².